The summed E-state index contributed by atoms with van der Waals surface area (Å²) in [7, 11) is 0. The Kier molecular flexibility index (Phi) is 5.77. The van der Waals surface area contributed by atoms with E-state index in [0.29, 0.717) is 10.7 Å². The highest BCUT2D eigenvalue weighted by atomic mass is 35.5. The maximum atomic E-state index is 13.0. The molecule has 0 bridgehead atoms. The minimum Gasteiger partial charge on any atom is -0.325 e. The van der Waals surface area contributed by atoms with Gasteiger partial charge < -0.3 is 10.6 Å². The van der Waals surface area contributed by atoms with E-state index in [4.69, 9.17) is 23.2 Å². The maximum absolute atomic E-state index is 13.0. The van der Waals surface area contributed by atoms with E-state index in [-0.39, 0.29) is 23.5 Å². The summed E-state index contributed by atoms with van der Waals surface area (Å²) in [4.78, 5) is 11.9. The molecular weight excluding hydrogens is 326 g/mol. The van der Waals surface area contributed by atoms with Gasteiger partial charge in [-0.15, -0.1) is 0 Å². The van der Waals surface area contributed by atoms with Crippen LogP contribution in [0.5, 0.6) is 0 Å². The molecule has 116 valence electrons. The van der Waals surface area contributed by atoms with Gasteiger partial charge in [-0.3, -0.25) is 4.79 Å². The Hall–Kier alpha value is -1.62. The first-order valence-corrected chi connectivity index (χ1v) is 7.45. The van der Waals surface area contributed by atoms with Gasteiger partial charge in [0.05, 0.1) is 11.6 Å². The number of carbonyl (C=O) groups excluding carboxylic acids is 1. The van der Waals surface area contributed by atoms with Crippen molar-refractivity contribution in [3.05, 3.63) is 63.9 Å². The lowest BCUT2D eigenvalue weighted by Gasteiger charge is -2.14. The number of benzene rings is 2. The molecule has 2 N–H and O–H groups in total. The Morgan fingerprint density at radius 3 is 2.68 bits per heavy atom. The molecule has 2 rings (SSSR count). The predicted octanol–water partition coefficient (Wildman–Crippen LogP) is 4.42. The number of halogens is 3. The Bertz CT molecular complexity index is 679. The predicted molar refractivity (Wildman–Crippen MR) is 87.9 cm³/mol. The molecule has 0 aliphatic carbocycles. The number of rotatable bonds is 5. The first kappa shape index (κ1) is 16.7. The minimum absolute atomic E-state index is 0.0266. The van der Waals surface area contributed by atoms with Crippen LogP contribution in [0.3, 0.4) is 0 Å². The Morgan fingerprint density at radius 2 is 2.00 bits per heavy atom. The van der Waals surface area contributed by atoms with Crippen LogP contribution >= 0.6 is 23.2 Å². The lowest BCUT2D eigenvalue weighted by Crippen LogP contribution is -2.30. The van der Waals surface area contributed by atoms with Crippen molar-refractivity contribution in [3.8, 4) is 0 Å². The van der Waals surface area contributed by atoms with Crippen LogP contribution in [0, 0.1) is 5.82 Å². The van der Waals surface area contributed by atoms with Gasteiger partial charge in [0.2, 0.25) is 5.91 Å². The standard InChI is InChI=1S/C16H15Cl2FN2O/c1-10(11-3-2-4-12(17)7-11)20-9-16(22)21-13-5-6-15(19)14(18)8-13/h2-8,10,20H,9H2,1H3,(H,21,22)/t10-/m1/s1. The molecule has 0 fully saturated rings. The number of carbonyl (C=O) groups is 1. The zero-order valence-electron chi connectivity index (χ0n) is 11.9. The second-order valence-electron chi connectivity index (χ2n) is 4.83. The number of hydrogen-bond acceptors (Lipinski definition) is 2. The highest BCUT2D eigenvalue weighted by molar-refractivity contribution is 6.31. The van der Waals surface area contributed by atoms with Gasteiger partial charge in [-0.1, -0.05) is 35.3 Å². The summed E-state index contributed by atoms with van der Waals surface area (Å²) in [5.41, 5.74) is 1.44. The van der Waals surface area contributed by atoms with Crippen molar-refractivity contribution in [2.75, 3.05) is 11.9 Å². The largest absolute Gasteiger partial charge is 0.325 e. The van der Waals surface area contributed by atoms with Crippen LogP contribution in [-0.4, -0.2) is 12.5 Å². The van der Waals surface area contributed by atoms with Crippen molar-refractivity contribution in [1.29, 1.82) is 0 Å². The van der Waals surface area contributed by atoms with Gasteiger partial charge in [0.25, 0.3) is 0 Å². The Labute approximate surface area is 138 Å². The Balaban J connectivity index is 1.88. The van der Waals surface area contributed by atoms with E-state index in [1.165, 1.54) is 18.2 Å². The summed E-state index contributed by atoms with van der Waals surface area (Å²) in [6.07, 6.45) is 0. The van der Waals surface area contributed by atoms with Crippen molar-refractivity contribution >= 4 is 34.8 Å². The molecule has 0 radical (unpaired) electrons. The van der Waals surface area contributed by atoms with Crippen LogP contribution in [0.1, 0.15) is 18.5 Å². The van der Waals surface area contributed by atoms with Crippen molar-refractivity contribution in [1.82, 2.24) is 5.32 Å². The highest BCUT2D eigenvalue weighted by Gasteiger charge is 2.09. The minimum atomic E-state index is -0.521. The van der Waals surface area contributed by atoms with Crippen molar-refractivity contribution in [2.45, 2.75) is 13.0 Å². The SMILES string of the molecule is C[C@@H](NCC(=O)Nc1ccc(F)c(Cl)c1)c1cccc(Cl)c1. The van der Waals surface area contributed by atoms with Gasteiger partial charge in [-0.2, -0.15) is 0 Å². The molecule has 22 heavy (non-hydrogen) atoms. The summed E-state index contributed by atoms with van der Waals surface area (Å²) in [5.74, 6) is -0.760. The van der Waals surface area contributed by atoms with Crippen molar-refractivity contribution < 1.29 is 9.18 Å². The second kappa shape index (κ2) is 7.58. The van der Waals surface area contributed by atoms with E-state index < -0.39 is 5.82 Å². The molecule has 0 aromatic heterocycles. The molecule has 0 aliphatic heterocycles. The van der Waals surface area contributed by atoms with Crippen LogP contribution in [0.2, 0.25) is 10.0 Å². The molecule has 6 heteroatoms. The average molecular weight is 341 g/mol. The van der Waals surface area contributed by atoms with Crippen LogP contribution in [0.4, 0.5) is 10.1 Å². The summed E-state index contributed by atoms with van der Waals surface area (Å²) < 4.78 is 13.0. The number of anilines is 1. The third-order valence-corrected chi connectivity index (χ3v) is 3.65. The topological polar surface area (TPSA) is 41.1 Å². The van der Waals surface area contributed by atoms with Gasteiger partial charge in [0.15, 0.2) is 0 Å². The third-order valence-electron chi connectivity index (χ3n) is 3.12. The lowest BCUT2D eigenvalue weighted by molar-refractivity contribution is -0.115. The third kappa shape index (κ3) is 4.70. The molecule has 0 saturated carbocycles. The molecule has 0 spiro atoms. The highest BCUT2D eigenvalue weighted by Crippen LogP contribution is 2.19. The fraction of sp³-hybridized carbons (Fsp3) is 0.188. The summed E-state index contributed by atoms with van der Waals surface area (Å²) in [6, 6.07) is 11.4. The van der Waals surface area contributed by atoms with Crippen molar-refractivity contribution in [3.63, 3.8) is 0 Å². The second-order valence-corrected chi connectivity index (χ2v) is 5.68. The summed E-state index contributed by atoms with van der Waals surface area (Å²) >= 11 is 11.6. The molecule has 0 heterocycles. The summed E-state index contributed by atoms with van der Waals surface area (Å²) in [6.45, 7) is 2.05. The molecule has 2 aromatic carbocycles. The smallest absolute Gasteiger partial charge is 0.238 e. The number of hydrogen-bond donors (Lipinski definition) is 2. The number of nitrogens with one attached hydrogen (secondary N) is 2. The molecule has 1 atom stereocenters. The zero-order valence-corrected chi connectivity index (χ0v) is 13.4. The van der Waals surface area contributed by atoms with Gasteiger partial charge in [-0.05, 0) is 42.8 Å². The lowest BCUT2D eigenvalue weighted by atomic mass is 10.1. The molecule has 0 saturated heterocycles. The molecular formula is C16H15Cl2FN2O. The van der Waals surface area contributed by atoms with Crippen LogP contribution in [0.15, 0.2) is 42.5 Å². The molecule has 2 aromatic rings. The first-order valence-electron chi connectivity index (χ1n) is 6.69. The monoisotopic (exact) mass is 340 g/mol. The Morgan fingerprint density at radius 1 is 1.23 bits per heavy atom. The van der Waals surface area contributed by atoms with Crippen LogP contribution in [-0.2, 0) is 4.79 Å². The normalized spacial score (nSPS) is 12.0. The first-order chi connectivity index (χ1) is 10.5. The van der Waals surface area contributed by atoms with Crippen LogP contribution < -0.4 is 10.6 Å². The van der Waals surface area contributed by atoms with Gasteiger partial charge in [-0.25, -0.2) is 4.39 Å². The molecule has 0 unspecified atom stereocenters. The van der Waals surface area contributed by atoms with E-state index in [2.05, 4.69) is 10.6 Å². The average Bonchev–Trinajstić information content (AvgIpc) is 2.48. The molecule has 3 nitrogen and oxygen atoms in total. The molecule has 1 amide bonds. The zero-order chi connectivity index (χ0) is 16.1. The van der Waals surface area contributed by atoms with Crippen LogP contribution in [0.25, 0.3) is 0 Å². The van der Waals surface area contributed by atoms with Gasteiger partial charge in [0.1, 0.15) is 5.82 Å². The fourth-order valence-electron chi connectivity index (χ4n) is 1.92. The van der Waals surface area contributed by atoms with Gasteiger partial charge >= 0.3 is 0 Å². The maximum Gasteiger partial charge on any atom is 0.238 e. The molecule has 0 aliphatic rings. The van der Waals surface area contributed by atoms with E-state index in [9.17, 15) is 9.18 Å². The van der Waals surface area contributed by atoms with Gasteiger partial charge in [0, 0.05) is 16.8 Å². The van der Waals surface area contributed by atoms with E-state index in [1.54, 1.807) is 6.07 Å². The van der Waals surface area contributed by atoms with Crippen molar-refractivity contribution in [2.24, 2.45) is 0 Å². The summed E-state index contributed by atoms with van der Waals surface area (Å²) in [5, 5.41) is 6.36. The fourth-order valence-corrected chi connectivity index (χ4v) is 2.30. The quantitative estimate of drug-likeness (QED) is 0.845. The van der Waals surface area contributed by atoms with E-state index in [0.717, 1.165) is 5.56 Å². The van der Waals surface area contributed by atoms with E-state index >= 15 is 0 Å². The number of amides is 1. The van der Waals surface area contributed by atoms with E-state index in [1.807, 2.05) is 25.1 Å².